The maximum atomic E-state index is 13.0. The second-order valence-electron chi connectivity index (χ2n) is 8.54. The molecule has 11 nitrogen and oxygen atoms in total. The van der Waals surface area contributed by atoms with Gasteiger partial charge in [0.2, 0.25) is 11.8 Å². The predicted molar refractivity (Wildman–Crippen MR) is 124 cm³/mol. The first-order chi connectivity index (χ1) is 15.4. The molecule has 1 fully saturated rings. The van der Waals surface area contributed by atoms with Gasteiger partial charge < -0.3 is 25.0 Å². The largest absolute Gasteiger partial charge is 1.00 e. The second-order valence-corrected chi connectivity index (χ2v) is 12.9. The predicted octanol–water partition coefficient (Wildman–Crippen LogP) is -3.20. The second kappa shape index (κ2) is 12.5. The Labute approximate surface area is 229 Å². The van der Waals surface area contributed by atoms with E-state index in [-0.39, 0.29) is 58.1 Å². The van der Waals surface area contributed by atoms with Crippen molar-refractivity contribution >= 4 is 49.0 Å². The quantitative estimate of drug-likeness (QED) is 0.207. The fourth-order valence-electron chi connectivity index (χ4n) is 4.12. The van der Waals surface area contributed by atoms with Crippen LogP contribution >= 0.6 is 22.1 Å². The maximum Gasteiger partial charge on any atom is 1.00 e. The van der Waals surface area contributed by atoms with Crippen LogP contribution in [0.2, 0.25) is 0 Å². The van der Waals surface area contributed by atoms with E-state index in [1.807, 2.05) is 7.05 Å². The van der Waals surface area contributed by atoms with Gasteiger partial charge >= 0.3 is 29.6 Å². The van der Waals surface area contributed by atoms with Crippen LogP contribution in [0, 0.1) is 5.92 Å². The summed E-state index contributed by atoms with van der Waals surface area (Å²) >= 11 is 1.34. The van der Waals surface area contributed by atoms with E-state index in [1.54, 1.807) is 14.1 Å². The molecule has 1 saturated carbocycles. The average molecular weight is 542 g/mol. The van der Waals surface area contributed by atoms with Gasteiger partial charge in [-0.2, -0.15) is 0 Å². The Kier molecular flexibility index (Phi) is 10.8. The normalized spacial score (nSPS) is 22.8. The number of amides is 3. The van der Waals surface area contributed by atoms with E-state index in [0.29, 0.717) is 24.3 Å². The number of nitrogens with one attached hydrogen (secondary N) is 2. The molecule has 0 spiro atoms. The third kappa shape index (κ3) is 8.15. The molecule has 184 valence electrons. The van der Waals surface area contributed by atoms with E-state index in [9.17, 15) is 27.4 Å². The minimum atomic E-state index is -4.59. The molecule has 0 radical (unpaired) electrons. The molecule has 0 aromatic carbocycles. The molecule has 34 heavy (non-hydrogen) atoms. The molecule has 3 rings (SSSR count). The number of rotatable bonds is 7. The van der Waals surface area contributed by atoms with E-state index >= 15 is 0 Å². The molecule has 0 saturated heterocycles. The third-order valence-electron chi connectivity index (χ3n) is 5.75. The van der Waals surface area contributed by atoms with Crippen LogP contribution in [0.25, 0.3) is 0 Å². The first kappa shape index (κ1) is 29.5. The molecule has 2 aliphatic rings. The van der Waals surface area contributed by atoms with E-state index in [4.69, 9.17) is 0 Å². The van der Waals surface area contributed by atoms with Gasteiger partial charge in [-0.3, -0.25) is 14.4 Å². The average Bonchev–Trinajstić information content (AvgIpc) is 3.15. The van der Waals surface area contributed by atoms with Gasteiger partial charge in [0.15, 0.2) is 5.01 Å². The fraction of sp³-hybridized carbons (Fsp3) is 0.684. The van der Waals surface area contributed by atoms with E-state index in [2.05, 4.69) is 20.5 Å². The summed E-state index contributed by atoms with van der Waals surface area (Å²) in [5, 5.41) is 5.99. The third-order valence-corrected chi connectivity index (χ3v) is 8.72. The molecule has 3 amide bonds. The molecule has 1 aromatic heterocycles. The van der Waals surface area contributed by atoms with Crippen molar-refractivity contribution in [3.63, 3.8) is 0 Å². The summed E-state index contributed by atoms with van der Waals surface area (Å²) in [6.45, 7) is 1.61. The van der Waals surface area contributed by atoms with E-state index in [1.165, 1.54) is 16.2 Å². The maximum absolute atomic E-state index is 13.0. The minimum Gasteiger partial charge on any atom is -0.739 e. The van der Waals surface area contributed by atoms with Crippen molar-refractivity contribution in [3.05, 3.63) is 15.6 Å². The molecule has 0 bridgehead atoms. The number of hydrogen-bond acceptors (Lipinski definition) is 10. The SMILES string of the molecule is CN1CCc2nc(C(=O)N[C@@H]3C[C@@H](C(=O)N(C)C)CC[C@@H]3NC(=O)CSS(=O)(=O)[O-])sc2C1.[Na+]. The summed E-state index contributed by atoms with van der Waals surface area (Å²) in [4.78, 5) is 46.9. The Morgan fingerprint density at radius 1 is 1.24 bits per heavy atom. The molecule has 2 heterocycles. The minimum absolute atomic E-state index is 0. The van der Waals surface area contributed by atoms with Gasteiger partial charge in [-0.15, -0.1) is 11.3 Å². The molecule has 0 unspecified atom stereocenters. The zero-order valence-corrected chi connectivity index (χ0v) is 24.1. The van der Waals surface area contributed by atoms with Crippen LogP contribution in [0.5, 0.6) is 0 Å². The van der Waals surface area contributed by atoms with Crippen LogP contribution in [-0.4, -0.2) is 91.0 Å². The van der Waals surface area contributed by atoms with Crippen LogP contribution in [-0.2, 0) is 31.7 Å². The molecule has 1 aromatic rings. The Morgan fingerprint density at radius 3 is 2.59 bits per heavy atom. The van der Waals surface area contributed by atoms with Crippen LogP contribution in [0.4, 0.5) is 0 Å². The van der Waals surface area contributed by atoms with Gasteiger partial charge in [-0.05, 0) is 37.1 Å². The summed E-state index contributed by atoms with van der Waals surface area (Å²) in [5.41, 5.74) is 0.924. The number of carbonyl (C=O) groups is 3. The monoisotopic (exact) mass is 541 g/mol. The summed E-state index contributed by atoms with van der Waals surface area (Å²) in [6.07, 6.45) is 2.04. The molecular formula is C19H28N5NaO6S3. The van der Waals surface area contributed by atoms with Crippen molar-refractivity contribution in [2.24, 2.45) is 5.92 Å². The van der Waals surface area contributed by atoms with Crippen molar-refractivity contribution in [3.8, 4) is 0 Å². The van der Waals surface area contributed by atoms with Gasteiger partial charge in [0, 0.05) is 50.4 Å². The van der Waals surface area contributed by atoms with Crippen molar-refractivity contribution in [1.82, 2.24) is 25.4 Å². The summed E-state index contributed by atoms with van der Waals surface area (Å²) in [7, 11) is 0.769. The number of fused-ring (bicyclic) bond motifs is 1. The molecule has 1 aliphatic carbocycles. The molecule has 3 atom stereocenters. The Hall–Kier alpha value is -0.740. The Balaban J connectivity index is 0.00000408. The zero-order valence-electron chi connectivity index (χ0n) is 19.7. The first-order valence-corrected chi connectivity index (χ1v) is 14.2. The van der Waals surface area contributed by atoms with E-state index < -0.39 is 32.9 Å². The van der Waals surface area contributed by atoms with Crippen LogP contribution in [0.15, 0.2) is 0 Å². The Bertz CT molecular complexity index is 1020. The number of aromatic nitrogens is 1. The summed E-state index contributed by atoms with van der Waals surface area (Å²) in [5.74, 6) is -1.88. The molecule has 15 heteroatoms. The van der Waals surface area contributed by atoms with Crippen molar-refractivity contribution in [2.75, 3.05) is 33.4 Å². The first-order valence-electron chi connectivity index (χ1n) is 10.5. The number of likely N-dealkylation sites (N-methyl/N-ethyl adjacent to an activating group) is 1. The van der Waals surface area contributed by atoms with Gasteiger partial charge in [0.25, 0.3) is 5.91 Å². The molecule has 1 aliphatic heterocycles. The molecule has 2 N–H and O–H groups in total. The number of thiazole rings is 1. The smallest absolute Gasteiger partial charge is 0.739 e. The number of nitrogens with zero attached hydrogens (tertiary/aromatic N) is 3. The van der Waals surface area contributed by atoms with Crippen molar-refractivity contribution in [1.29, 1.82) is 0 Å². The van der Waals surface area contributed by atoms with Gasteiger partial charge in [-0.1, -0.05) is 0 Å². The number of hydrogen-bond donors (Lipinski definition) is 2. The fourth-order valence-corrected chi connectivity index (χ4v) is 6.30. The zero-order chi connectivity index (χ0) is 24.3. The topological polar surface area (TPSA) is 152 Å². The van der Waals surface area contributed by atoms with Crippen LogP contribution < -0.4 is 40.2 Å². The van der Waals surface area contributed by atoms with Crippen LogP contribution in [0.3, 0.4) is 0 Å². The Morgan fingerprint density at radius 2 is 1.94 bits per heavy atom. The van der Waals surface area contributed by atoms with E-state index in [0.717, 1.165) is 30.1 Å². The number of carbonyl (C=O) groups excluding carboxylic acids is 3. The standard InChI is InChI=1S/C19H29N5O6S3.Na/c1-23(2)19(27)11-4-5-12(20-16(25)10-31-33(28,29)30)14(8-11)21-17(26)18-22-13-6-7-24(3)9-15(13)32-18;/h11-12,14H,4-10H2,1-3H3,(H,20,25)(H,21,26)(H,28,29,30);/q;+1/p-1/t11-,12-,14+;/m0./s1. The summed E-state index contributed by atoms with van der Waals surface area (Å²) < 4.78 is 32.4. The van der Waals surface area contributed by atoms with Gasteiger partial charge in [0.05, 0.1) is 17.5 Å². The van der Waals surface area contributed by atoms with Crippen molar-refractivity contribution < 1.29 is 56.9 Å². The van der Waals surface area contributed by atoms with Crippen LogP contribution in [0.1, 0.15) is 39.6 Å². The van der Waals surface area contributed by atoms with Gasteiger partial charge in [-0.25, -0.2) is 13.4 Å². The summed E-state index contributed by atoms with van der Waals surface area (Å²) in [6, 6.07) is -1.04. The molecular weight excluding hydrogens is 513 g/mol. The van der Waals surface area contributed by atoms with Crippen molar-refractivity contribution in [2.45, 2.75) is 44.3 Å². The van der Waals surface area contributed by atoms with Gasteiger partial charge in [0.1, 0.15) is 9.15 Å².